The van der Waals surface area contributed by atoms with E-state index in [4.69, 9.17) is 9.15 Å². The summed E-state index contributed by atoms with van der Waals surface area (Å²) in [5, 5.41) is 2.65. The number of hydrogen-bond donors (Lipinski definition) is 1. The number of furan rings is 1. The minimum atomic E-state index is -0.954. The summed E-state index contributed by atoms with van der Waals surface area (Å²) in [5.41, 5.74) is 3.19. The first kappa shape index (κ1) is 21.4. The van der Waals surface area contributed by atoms with Crippen molar-refractivity contribution in [2.45, 2.75) is 25.4 Å². The molecular formula is C25H24N2O5. The van der Waals surface area contributed by atoms with Crippen molar-refractivity contribution in [1.82, 2.24) is 10.2 Å². The Balaban J connectivity index is 1.38. The molecule has 0 spiro atoms. The zero-order valence-corrected chi connectivity index (χ0v) is 17.5. The van der Waals surface area contributed by atoms with Gasteiger partial charge < -0.3 is 19.4 Å². The van der Waals surface area contributed by atoms with Gasteiger partial charge in [0.25, 0.3) is 11.8 Å². The Hall–Kier alpha value is -3.87. The van der Waals surface area contributed by atoms with E-state index in [0.29, 0.717) is 13.1 Å². The van der Waals surface area contributed by atoms with Crippen molar-refractivity contribution >= 4 is 17.8 Å². The van der Waals surface area contributed by atoms with Crippen molar-refractivity contribution in [3.05, 3.63) is 95.4 Å². The highest BCUT2D eigenvalue weighted by molar-refractivity contribution is 5.94. The summed E-state index contributed by atoms with van der Waals surface area (Å²) in [7, 11) is 0. The van der Waals surface area contributed by atoms with Gasteiger partial charge in [-0.05, 0) is 35.2 Å². The minimum absolute atomic E-state index is 0.0962. The van der Waals surface area contributed by atoms with Gasteiger partial charge >= 0.3 is 5.97 Å². The number of ether oxygens (including phenoxy) is 1. The third-order valence-corrected chi connectivity index (χ3v) is 5.44. The number of nitrogens with one attached hydrogen (secondary N) is 1. The largest absolute Gasteiger partial charge is 0.459 e. The van der Waals surface area contributed by atoms with Crippen LogP contribution in [0, 0.1) is 0 Å². The quantitative estimate of drug-likeness (QED) is 0.580. The van der Waals surface area contributed by atoms with Crippen molar-refractivity contribution < 1.29 is 23.5 Å². The van der Waals surface area contributed by atoms with Crippen LogP contribution >= 0.6 is 0 Å². The second-order valence-corrected chi connectivity index (χ2v) is 7.63. The van der Waals surface area contributed by atoms with Gasteiger partial charge in [0.2, 0.25) is 0 Å². The molecule has 1 aliphatic rings. The van der Waals surface area contributed by atoms with Gasteiger partial charge in [-0.1, -0.05) is 54.6 Å². The van der Waals surface area contributed by atoms with Gasteiger partial charge in [0, 0.05) is 19.5 Å². The monoisotopic (exact) mass is 432 g/mol. The molecule has 164 valence electrons. The van der Waals surface area contributed by atoms with Crippen LogP contribution in [-0.4, -0.2) is 41.9 Å². The van der Waals surface area contributed by atoms with Crippen molar-refractivity contribution in [1.29, 1.82) is 0 Å². The first-order valence-corrected chi connectivity index (χ1v) is 10.5. The van der Waals surface area contributed by atoms with Crippen LogP contribution in [0.1, 0.15) is 27.2 Å². The minimum Gasteiger partial charge on any atom is -0.459 e. The predicted molar refractivity (Wildman–Crippen MR) is 117 cm³/mol. The van der Waals surface area contributed by atoms with Gasteiger partial charge in [0.15, 0.2) is 12.4 Å². The predicted octanol–water partition coefficient (Wildman–Crippen LogP) is 2.75. The number of amides is 2. The summed E-state index contributed by atoms with van der Waals surface area (Å²) in [6.07, 6.45) is 2.39. The van der Waals surface area contributed by atoms with Gasteiger partial charge in [-0.25, -0.2) is 4.79 Å². The number of esters is 1. The molecule has 32 heavy (non-hydrogen) atoms. The molecule has 4 rings (SSSR count). The summed E-state index contributed by atoms with van der Waals surface area (Å²) >= 11 is 0. The number of nitrogens with zero attached hydrogens (tertiary/aromatic N) is 1. The molecule has 7 nitrogen and oxygen atoms in total. The van der Waals surface area contributed by atoms with Crippen molar-refractivity contribution in [2.75, 3.05) is 13.2 Å². The highest BCUT2D eigenvalue weighted by Crippen LogP contribution is 2.18. The van der Waals surface area contributed by atoms with Gasteiger partial charge in [0.05, 0.1) is 6.26 Å². The number of carbonyl (C=O) groups is 3. The Kier molecular flexibility index (Phi) is 6.65. The molecule has 1 aromatic heterocycles. The van der Waals surface area contributed by atoms with Crippen molar-refractivity contribution in [3.8, 4) is 0 Å². The maximum atomic E-state index is 12.8. The van der Waals surface area contributed by atoms with Crippen LogP contribution in [0.5, 0.6) is 0 Å². The van der Waals surface area contributed by atoms with E-state index in [9.17, 15) is 14.4 Å². The van der Waals surface area contributed by atoms with E-state index in [1.807, 2.05) is 48.5 Å². The fraction of sp³-hybridized carbons (Fsp3) is 0.240. The molecule has 0 aliphatic carbocycles. The SMILES string of the molecule is O=C(N[C@H](Cc1ccccc1)C(=O)OCC(=O)N1CCc2ccccc2C1)c1ccco1. The second-order valence-electron chi connectivity index (χ2n) is 7.63. The zero-order valence-electron chi connectivity index (χ0n) is 17.5. The lowest BCUT2D eigenvalue weighted by atomic mass is 10.00. The van der Waals surface area contributed by atoms with Crippen LogP contribution in [0.3, 0.4) is 0 Å². The van der Waals surface area contributed by atoms with E-state index in [0.717, 1.165) is 17.5 Å². The molecule has 3 aromatic rings. The maximum Gasteiger partial charge on any atom is 0.329 e. The lowest BCUT2D eigenvalue weighted by Crippen LogP contribution is -2.45. The molecule has 2 aromatic carbocycles. The summed E-state index contributed by atoms with van der Waals surface area (Å²) < 4.78 is 10.4. The second kappa shape index (κ2) is 9.96. The van der Waals surface area contributed by atoms with Crippen LogP contribution in [0.15, 0.2) is 77.4 Å². The molecule has 0 radical (unpaired) electrons. The summed E-state index contributed by atoms with van der Waals surface area (Å²) in [6.45, 7) is 0.703. The van der Waals surface area contributed by atoms with Gasteiger partial charge in [0.1, 0.15) is 6.04 Å². The Morgan fingerprint density at radius 3 is 2.47 bits per heavy atom. The number of carbonyl (C=O) groups excluding carboxylic acids is 3. The fourth-order valence-electron chi connectivity index (χ4n) is 3.71. The van der Waals surface area contributed by atoms with Crippen molar-refractivity contribution in [2.24, 2.45) is 0 Å². The molecule has 0 saturated carbocycles. The number of fused-ring (bicyclic) bond motifs is 1. The molecule has 1 aliphatic heterocycles. The number of hydrogen-bond acceptors (Lipinski definition) is 5. The Bertz CT molecular complexity index is 1080. The summed E-state index contributed by atoms with van der Waals surface area (Å²) in [6, 6.07) is 19.4. The third kappa shape index (κ3) is 5.24. The van der Waals surface area contributed by atoms with Gasteiger partial charge in [-0.3, -0.25) is 9.59 Å². The molecule has 2 amide bonds. The van der Waals surface area contributed by atoms with E-state index in [-0.39, 0.29) is 24.7 Å². The first-order valence-electron chi connectivity index (χ1n) is 10.5. The molecule has 1 atom stereocenters. The average molecular weight is 432 g/mol. The molecule has 0 bridgehead atoms. The zero-order chi connectivity index (χ0) is 22.3. The summed E-state index contributed by atoms with van der Waals surface area (Å²) in [4.78, 5) is 39.6. The van der Waals surface area contributed by atoms with Crippen LogP contribution in [-0.2, 0) is 33.7 Å². The highest BCUT2D eigenvalue weighted by atomic mass is 16.5. The lowest BCUT2D eigenvalue weighted by Gasteiger charge is -2.29. The van der Waals surface area contributed by atoms with Crippen LogP contribution in [0.2, 0.25) is 0 Å². The number of benzene rings is 2. The Morgan fingerprint density at radius 1 is 0.969 bits per heavy atom. The Labute approximate surface area is 186 Å². The summed E-state index contributed by atoms with van der Waals surface area (Å²) in [5.74, 6) is -1.35. The third-order valence-electron chi connectivity index (χ3n) is 5.44. The molecule has 0 unspecified atom stereocenters. The van der Waals surface area contributed by atoms with E-state index in [1.54, 1.807) is 11.0 Å². The average Bonchev–Trinajstić information content (AvgIpc) is 3.37. The van der Waals surface area contributed by atoms with Gasteiger partial charge in [-0.2, -0.15) is 0 Å². The molecule has 0 fully saturated rings. The molecular weight excluding hydrogens is 408 g/mol. The smallest absolute Gasteiger partial charge is 0.329 e. The Morgan fingerprint density at radius 2 is 1.72 bits per heavy atom. The molecule has 7 heteroatoms. The van der Waals surface area contributed by atoms with E-state index in [1.165, 1.54) is 17.9 Å². The van der Waals surface area contributed by atoms with Crippen LogP contribution in [0.4, 0.5) is 0 Å². The lowest BCUT2D eigenvalue weighted by molar-refractivity contribution is -0.154. The first-order chi connectivity index (χ1) is 15.6. The topological polar surface area (TPSA) is 88.8 Å². The molecule has 2 heterocycles. The normalized spacial score (nSPS) is 13.7. The van der Waals surface area contributed by atoms with Crippen LogP contribution in [0.25, 0.3) is 0 Å². The van der Waals surface area contributed by atoms with E-state index in [2.05, 4.69) is 11.4 Å². The fourth-order valence-corrected chi connectivity index (χ4v) is 3.71. The van der Waals surface area contributed by atoms with E-state index >= 15 is 0 Å². The van der Waals surface area contributed by atoms with Crippen LogP contribution < -0.4 is 5.32 Å². The standard InChI is InChI=1S/C25H24N2O5/c28-23(27-13-12-19-9-4-5-10-20(19)16-27)17-32-25(30)21(15-18-7-2-1-3-8-18)26-24(29)22-11-6-14-31-22/h1-11,14,21H,12-13,15-17H2,(H,26,29)/t21-/m1/s1. The van der Waals surface area contributed by atoms with E-state index < -0.39 is 17.9 Å². The van der Waals surface area contributed by atoms with Gasteiger partial charge in [-0.15, -0.1) is 0 Å². The highest BCUT2D eigenvalue weighted by Gasteiger charge is 2.27. The maximum absolute atomic E-state index is 12.8. The molecule has 0 saturated heterocycles. The number of rotatable bonds is 7. The van der Waals surface area contributed by atoms with Crippen molar-refractivity contribution in [3.63, 3.8) is 0 Å². The molecule has 1 N–H and O–H groups in total.